The van der Waals surface area contributed by atoms with Crippen molar-refractivity contribution < 1.29 is 35.9 Å². The van der Waals surface area contributed by atoms with Crippen LogP contribution < -0.4 is 10.1 Å². The van der Waals surface area contributed by atoms with E-state index in [1.54, 1.807) is 0 Å². The molecule has 100 valence electrons. The molecule has 0 bridgehead atoms. The first-order valence-corrected chi connectivity index (χ1v) is 4.18. The van der Waals surface area contributed by atoms with E-state index in [1.807, 2.05) is 0 Å². The van der Waals surface area contributed by atoms with Gasteiger partial charge in [0.05, 0.1) is 0 Å². The van der Waals surface area contributed by atoms with Gasteiger partial charge in [0.1, 0.15) is 5.69 Å². The van der Waals surface area contributed by atoms with Crippen molar-refractivity contribution in [2.75, 3.05) is 5.32 Å². The Morgan fingerprint density at radius 2 is 1.83 bits per heavy atom. The average Bonchev–Trinajstić information content (AvgIpc) is 2.17. The lowest BCUT2D eigenvalue weighted by molar-refractivity contribution is -0.275. The molecule has 18 heavy (non-hydrogen) atoms. The number of hydrogen-bond acceptors (Lipinski definition) is 3. The number of hydrogen-bond donors (Lipinski definition) is 1. The molecule has 1 amide bonds. The number of rotatable bonds is 2. The lowest BCUT2D eigenvalue weighted by Gasteiger charge is -2.13. The summed E-state index contributed by atoms with van der Waals surface area (Å²) in [6.07, 6.45) is -9.50. The van der Waals surface area contributed by atoms with E-state index in [1.165, 1.54) is 5.32 Å². The van der Waals surface area contributed by atoms with Gasteiger partial charge in [-0.05, 0) is 12.1 Å². The molecular formula is C8H4F6N2O2. The first kappa shape index (κ1) is 14.1. The van der Waals surface area contributed by atoms with Crippen molar-refractivity contribution in [3.8, 4) is 5.88 Å². The zero-order valence-electron chi connectivity index (χ0n) is 8.26. The topological polar surface area (TPSA) is 51.2 Å². The fourth-order valence-electron chi connectivity index (χ4n) is 0.870. The van der Waals surface area contributed by atoms with Crippen molar-refractivity contribution in [2.45, 2.75) is 12.5 Å². The molecule has 0 aromatic carbocycles. The summed E-state index contributed by atoms with van der Waals surface area (Å²) in [4.78, 5) is 13.6. The second kappa shape index (κ2) is 4.70. The molecule has 0 atom stereocenters. The number of amides is 1. The smallest absolute Gasteiger partial charge is 0.386 e. The maximum absolute atomic E-state index is 11.9. The normalized spacial score (nSPS) is 12.1. The second-order valence-corrected chi connectivity index (χ2v) is 2.86. The highest BCUT2D eigenvalue weighted by Gasteiger charge is 2.40. The Balaban J connectivity index is 2.93. The van der Waals surface area contributed by atoms with Gasteiger partial charge in [-0.3, -0.25) is 4.79 Å². The summed E-state index contributed by atoms with van der Waals surface area (Å²) in [5.74, 6) is -3.61. The van der Waals surface area contributed by atoms with Gasteiger partial charge >= 0.3 is 18.4 Å². The highest BCUT2D eigenvalue weighted by Crippen LogP contribution is 2.28. The number of aromatic nitrogens is 1. The van der Waals surface area contributed by atoms with E-state index in [-0.39, 0.29) is 0 Å². The van der Waals surface area contributed by atoms with Crippen molar-refractivity contribution in [1.82, 2.24) is 4.98 Å². The monoisotopic (exact) mass is 274 g/mol. The van der Waals surface area contributed by atoms with E-state index in [4.69, 9.17) is 0 Å². The summed E-state index contributed by atoms with van der Waals surface area (Å²) in [6.45, 7) is 0. The number of nitrogens with zero attached hydrogens (tertiary/aromatic N) is 1. The van der Waals surface area contributed by atoms with Crippen LogP contribution in [0.1, 0.15) is 0 Å². The third-order valence-corrected chi connectivity index (χ3v) is 1.49. The van der Waals surface area contributed by atoms with E-state index in [2.05, 4.69) is 9.72 Å². The summed E-state index contributed by atoms with van der Waals surface area (Å²) in [7, 11) is 0. The molecule has 0 fully saturated rings. The van der Waals surface area contributed by atoms with Crippen LogP contribution in [0.15, 0.2) is 18.3 Å². The first-order chi connectivity index (χ1) is 8.09. The molecule has 0 aliphatic rings. The minimum atomic E-state index is -5.23. The van der Waals surface area contributed by atoms with Gasteiger partial charge in [0, 0.05) is 6.20 Å². The van der Waals surface area contributed by atoms with E-state index in [0.717, 1.165) is 18.3 Å². The molecule has 1 N–H and O–H groups in total. The highest BCUT2D eigenvalue weighted by atomic mass is 19.4. The molecular weight excluding hydrogens is 270 g/mol. The molecule has 0 radical (unpaired) electrons. The number of nitrogens with one attached hydrogen (secondary N) is 1. The fraction of sp³-hybridized carbons (Fsp3) is 0.250. The molecule has 0 aliphatic carbocycles. The number of anilines is 1. The number of halogens is 6. The molecule has 0 aliphatic heterocycles. The number of pyridine rings is 1. The van der Waals surface area contributed by atoms with Gasteiger partial charge in [-0.15, -0.1) is 13.2 Å². The standard InChI is InChI=1S/C8H4F6N2O2/c9-7(10,11)6(17)16-4-2-1-3-15-5(4)18-8(12,13)14/h1-3H,(H,16,17). The zero-order chi connectivity index (χ0) is 14.0. The molecule has 0 saturated carbocycles. The Hall–Kier alpha value is -2.00. The third kappa shape index (κ3) is 4.11. The van der Waals surface area contributed by atoms with Crippen LogP contribution in [0.4, 0.5) is 32.0 Å². The van der Waals surface area contributed by atoms with Gasteiger partial charge in [-0.1, -0.05) is 0 Å². The van der Waals surface area contributed by atoms with E-state index < -0.39 is 30.0 Å². The SMILES string of the molecule is O=C(Nc1cccnc1OC(F)(F)F)C(F)(F)F. The molecule has 1 aromatic heterocycles. The van der Waals surface area contributed by atoms with Crippen LogP contribution in [0.3, 0.4) is 0 Å². The Bertz CT molecular complexity index is 442. The third-order valence-electron chi connectivity index (χ3n) is 1.49. The maximum Gasteiger partial charge on any atom is 0.574 e. The minimum Gasteiger partial charge on any atom is -0.386 e. The summed E-state index contributed by atoms with van der Waals surface area (Å²) in [6, 6.07) is 1.83. The van der Waals surface area contributed by atoms with Crippen LogP contribution in [0, 0.1) is 0 Å². The molecule has 0 unspecified atom stereocenters. The first-order valence-electron chi connectivity index (χ1n) is 4.18. The number of alkyl halides is 6. The van der Waals surface area contributed by atoms with Gasteiger partial charge < -0.3 is 10.1 Å². The highest BCUT2D eigenvalue weighted by molar-refractivity contribution is 5.95. The Morgan fingerprint density at radius 3 is 2.33 bits per heavy atom. The largest absolute Gasteiger partial charge is 0.574 e. The molecule has 1 aromatic rings. The predicted molar refractivity (Wildman–Crippen MR) is 45.6 cm³/mol. The van der Waals surface area contributed by atoms with Gasteiger partial charge in [-0.25, -0.2) is 4.98 Å². The number of carbonyl (C=O) groups excluding carboxylic acids is 1. The lowest BCUT2D eigenvalue weighted by atomic mass is 10.4. The summed E-state index contributed by atoms with van der Waals surface area (Å²) in [5, 5.41) is 1.22. The van der Waals surface area contributed by atoms with Crippen molar-refractivity contribution in [3.63, 3.8) is 0 Å². The van der Waals surface area contributed by atoms with E-state index in [0.29, 0.717) is 0 Å². The molecule has 10 heteroatoms. The Morgan fingerprint density at radius 1 is 1.22 bits per heavy atom. The molecule has 0 spiro atoms. The van der Waals surface area contributed by atoms with Crippen molar-refractivity contribution in [3.05, 3.63) is 18.3 Å². The Labute approximate surface area is 95.6 Å². The number of ether oxygens (including phenoxy) is 1. The molecule has 0 saturated heterocycles. The van der Waals surface area contributed by atoms with E-state index >= 15 is 0 Å². The quantitative estimate of drug-likeness (QED) is 0.843. The molecule has 4 nitrogen and oxygen atoms in total. The number of carbonyl (C=O) groups is 1. The van der Waals surface area contributed by atoms with Crippen LogP contribution in [0.25, 0.3) is 0 Å². The summed E-state index contributed by atoms with van der Waals surface area (Å²) in [5.41, 5.74) is -0.836. The van der Waals surface area contributed by atoms with E-state index in [9.17, 15) is 31.1 Å². The molecule has 1 rings (SSSR count). The van der Waals surface area contributed by atoms with Crippen molar-refractivity contribution >= 4 is 11.6 Å². The van der Waals surface area contributed by atoms with Gasteiger partial charge in [0.2, 0.25) is 5.88 Å². The molecule has 1 heterocycles. The van der Waals surface area contributed by atoms with Crippen LogP contribution in [-0.2, 0) is 4.79 Å². The van der Waals surface area contributed by atoms with Crippen LogP contribution in [0.5, 0.6) is 5.88 Å². The fourth-order valence-corrected chi connectivity index (χ4v) is 0.870. The van der Waals surface area contributed by atoms with Crippen molar-refractivity contribution in [1.29, 1.82) is 0 Å². The van der Waals surface area contributed by atoms with Crippen LogP contribution >= 0.6 is 0 Å². The second-order valence-electron chi connectivity index (χ2n) is 2.86. The summed E-state index contributed by atoms with van der Waals surface area (Å²) < 4.78 is 74.8. The van der Waals surface area contributed by atoms with Crippen molar-refractivity contribution in [2.24, 2.45) is 0 Å². The van der Waals surface area contributed by atoms with Crippen LogP contribution in [-0.4, -0.2) is 23.4 Å². The maximum atomic E-state index is 11.9. The minimum absolute atomic E-state index is 0.789. The predicted octanol–water partition coefficient (Wildman–Crippen LogP) is 2.48. The van der Waals surface area contributed by atoms with Gasteiger partial charge in [0.15, 0.2) is 0 Å². The van der Waals surface area contributed by atoms with Gasteiger partial charge in [-0.2, -0.15) is 13.2 Å². The summed E-state index contributed by atoms with van der Waals surface area (Å²) >= 11 is 0. The Kier molecular flexibility index (Phi) is 3.67. The lowest BCUT2D eigenvalue weighted by Crippen LogP contribution is -2.30. The van der Waals surface area contributed by atoms with Crippen LogP contribution in [0.2, 0.25) is 0 Å². The van der Waals surface area contributed by atoms with Gasteiger partial charge in [0.25, 0.3) is 0 Å². The average molecular weight is 274 g/mol. The zero-order valence-corrected chi connectivity index (χ0v) is 8.26.